The largest absolute Gasteiger partial charge is 0.381 e. The number of non-ortho nitro benzene ring substituents is 1. The molecule has 1 aromatic rings. The Kier molecular flexibility index (Phi) is 5.85. The molecule has 0 saturated heterocycles. The molecule has 0 spiro atoms. The molecule has 21 heavy (non-hydrogen) atoms. The number of nitrogens with zero attached hydrogens (tertiary/aromatic N) is 1. The molecule has 2 rings (SSSR count). The Morgan fingerprint density at radius 3 is 2.81 bits per heavy atom. The lowest BCUT2D eigenvalue weighted by Crippen LogP contribution is -2.18. The second-order valence-corrected chi connectivity index (χ2v) is 6.33. The fourth-order valence-electron chi connectivity index (χ4n) is 3.17. The lowest BCUT2D eigenvalue weighted by atomic mass is 9.95. The topological polar surface area (TPSA) is 55.2 Å². The molecular formula is C16H23ClN2O2. The van der Waals surface area contributed by atoms with Crippen molar-refractivity contribution in [2.75, 3.05) is 5.32 Å². The summed E-state index contributed by atoms with van der Waals surface area (Å²) in [6, 6.07) is 5.06. The van der Waals surface area contributed by atoms with E-state index in [9.17, 15) is 10.1 Å². The third-order valence-electron chi connectivity index (χ3n) is 4.31. The highest BCUT2D eigenvalue weighted by Crippen LogP contribution is 2.31. The molecule has 2 unspecified atom stereocenters. The van der Waals surface area contributed by atoms with Crippen molar-refractivity contribution in [2.24, 2.45) is 5.92 Å². The monoisotopic (exact) mass is 310 g/mol. The standard InChI is InChI=1S/C16H23ClN2O2/c1-2-4-12-5-3-6-13(8-7-12)18-16-10-9-14(19(20)21)11-15(16)17/h9-13,18H,2-8H2,1H3. The maximum Gasteiger partial charge on any atom is 0.271 e. The van der Waals surface area contributed by atoms with Gasteiger partial charge in [-0.3, -0.25) is 10.1 Å². The van der Waals surface area contributed by atoms with E-state index in [1.807, 2.05) is 0 Å². The van der Waals surface area contributed by atoms with Gasteiger partial charge in [0.15, 0.2) is 0 Å². The van der Waals surface area contributed by atoms with E-state index in [0.717, 1.165) is 24.4 Å². The summed E-state index contributed by atoms with van der Waals surface area (Å²) in [5, 5.41) is 14.6. The van der Waals surface area contributed by atoms with Gasteiger partial charge in [-0.2, -0.15) is 0 Å². The number of nitrogens with one attached hydrogen (secondary N) is 1. The maximum atomic E-state index is 10.7. The van der Waals surface area contributed by atoms with E-state index in [-0.39, 0.29) is 5.69 Å². The number of rotatable bonds is 5. The molecule has 0 heterocycles. The molecule has 0 aliphatic heterocycles. The quantitative estimate of drug-likeness (QED) is 0.449. The SMILES string of the molecule is CCCC1CCCC(Nc2ccc([N+](=O)[O-])cc2Cl)CC1. The van der Waals surface area contributed by atoms with Gasteiger partial charge in [-0.15, -0.1) is 0 Å². The van der Waals surface area contributed by atoms with Crippen LogP contribution in [0.25, 0.3) is 0 Å². The van der Waals surface area contributed by atoms with Crippen molar-refractivity contribution in [3.63, 3.8) is 0 Å². The zero-order valence-corrected chi connectivity index (χ0v) is 13.2. The van der Waals surface area contributed by atoms with Crippen molar-refractivity contribution >= 4 is 23.0 Å². The van der Waals surface area contributed by atoms with E-state index in [0.29, 0.717) is 11.1 Å². The fourth-order valence-corrected chi connectivity index (χ4v) is 3.40. The van der Waals surface area contributed by atoms with Gasteiger partial charge in [0.25, 0.3) is 5.69 Å². The predicted molar refractivity (Wildman–Crippen MR) is 87.0 cm³/mol. The second kappa shape index (κ2) is 7.64. The summed E-state index contributed by atoms with van der Waals surface area (Å²) in [6.07, 6.45) is 8.70. The Bertz CT molecular complexity index is 493. The normalized spacial score (nSPS) is 22.6. The minimum atomic E-state index is -0.420. The van der Waals surface area contributed by atoms with E-state index in [2.05, 4.69) is 12.2 Å². The number of benzene rings is 1. The van der Waals surface area contributed by atoms with Crippen LogP contribution in [0.15, 0.2) is 18.2 Å². The average molecular weight is 311 g/mol. The van der Waals surface area contributed by atoms with Crippen molar-refractivity contribution in [3.05, 3.63) is 33.3 Å². The van der Waals surface area contributed by atoms with Gasteiger partial charge in [-0.05, 0) is 31.2 Å². The first kappa shape index (κ1) is 16.1. The van der Waals surface area contributed by atoms with Gasteiger partial charge in [-0.1, -0.05) is 44.2 Å². The minimum absolute atomic E-state index is 0.0365. The van der Waals surface area contributed by atoms with Gasteiger partial charge in [0.2, 0.25) is 0 Å². The molecule has 4 nitrogen and oxygen atoms in total. The van der Waals surface area contributed by atoms with Crippen molar-refractivity contribution in [3.8, 4) is 0 Å². The number of nitro groups is 1. The first-order chi connectivity index (χ1) is 10.1. The smallest absolute Gasteiger partial charge is 0.271 e. The summed E-state index contributed by atoms with van der Waals surface area (Å²) in [5.74, 6) is 0.856. The lowest BCUT2D eigenvalue weighted by molar-refractivity contribution is -0.384. The van der Waals surface area contributed by atoms with Gasteiger partial charge in [-0.25, -0.2) is 0 Å². The number of hydrogen-bond donors (Lipinski definition) is 1. The first-order valence-electron chi connectivity index (χ1n) is 7.80. The van der Waals surface area contributed by atoms with E-state index in [1.54, 1.807) is 6.07 Å². The van der Waals surface area contributed by atoms with E-state index >= 15 is 0 Å². The third-order valence-corrected chi connectivity index (χ3v) is 4.62. The number of anilines is 1. The van der Waals surface area contributed by atoms with Crippen LogP contribution in [0, 0.1) is 16.0 Å². The van der Waals surface area contributed by atoms with Gasteiger partial charge in [0, 0.05) is 18.2 Å². The van der Waals surface area contributed by atoms with Crippen LogP contribution in [-0.2, 0) is 0 Å². The van der Waals surface area contributed by atoms with Crippen LogP contribution in [0.1, 0.15) is 51.9 Å². The molecule has 116 valence electrons. The summed E-state index contributed by atoms with van der Waals surface area (Å²) in [5.41, 5.74) is 0.843. The van der Waals surface area contributed by atoms with Crippen LogP contribution in [0.3, 0.4) is 0 Å². The Labute approximate surface area is 131 Å². The molecule has 1 aliphatic carbocycles. The zero-order chi connectivity index (χ0) is 15.2. The highest BCUT2D eigenvalue weighted by molar-refractivity contribution is 6.33. The number of nitro benzene ring substituents is 1. The van der Waals surface area contributed by atoms with Crippen molar-refractivity contribution in [1.82, 2.24) is 0 Å². The summed E-state index contributed by atoms with van der Waals surface area (Å²) in [4.78, 5) is 10.3. The van der Waals surface area contributed by atoms with Crippen LogP contribution in [0.5, 0.6) is 0 Å². The summed E-state index contributed by atoms with van der Waals surface area (Å²) >= 11 is 6.14. The lowest BCUT2D eigenvalue weighted by Gasteiger charge is -2.19. The summed E-state index contributed by atoms with van der Waals surface area (Å²) < 4.78 is 0. The molecule has 1 fully saturated rings. The Hall–Kier alpha value is -1.29. The average Bonchev–Trinajstić information content (AvgIpc) is 2.67. The van der Waals surface area contributed by atoms with Gasteiger partial charge < -0.3 is 5.32 Å². The van der Waals surface area contributed by atoms with Crippen LogP contribution >= 0.6 is 11.6 Å². The van der Waals surface area contributed by atoms with E-state index in [4.69, 9.17) is 11.6 Å². The Balaban J connectivity index is 1.97. The number of halogens is 1. The minimum Gasteiger partial charge on any atom is -0.381 e. The van der Waals surface area contributed by atoms with Gasteiger partial charge >= 0.3 is 0 Å². The molecule has 1 aliphatic rings. The first-order valence-corrected chi connectivity index (χ1v) is 8.18. The van der Waals surface area contributed by atoms with Crippen LogP contribution in [0.2, 0.25) is 5.02 Å². The highest BCUT2D eigenvalue weighted by Gasteiger charge is 2.19. The molecule has 0 bridgehead atoms. The van der Waals surface area contributed by atoms with Gasteiger partial charge in [0.05, 0.1) is 15.6 Å². The summed E-state index contributed by atoms with van der Waals surface area (Å²) in [7, 11) is 0. The molecule has 1 saturated carbocycles. The van der Waals surface area contributed by atoms with Gasteiger partial charge in [0.1, 0.15) is 0 Å². The molecular weight excluding hydrogens is 288 g/mol. The number of hydrogen-bond acceptors (Lipinski definition) is 3. The maximum absolute atomic E-state index is 10.7. The van der Waals surface area contributed by atoms with Crippen molar-refractivity contribution < 1.29 is 4.92 Å². The molecule has 1 N–H and O–H groups in total. The molecule has 5 heteroatoms. The molecule has 0 radical (unpaired) electrons. The second-order valence-electron chi connectivity index (χ2n) is 5.93. The molecule has 0 aromatic heterocycles. The Morgan fingerprint density at radius 1 is 1.33 bits per heavy atom. The van der Waals surface area contributed by atoms with Crippen molar-refractivity contribution in [2.45, 2.75) is 57.9 Å². The van der Waals surface area contributed by atoms with Crippen LogP contribution in [0.4, 0.5) is 11.4 Å². The molecule has 2 atom stereocenters. The van der Waals surface area contributed by atoms with Crippen LogP contribution < -0.4 is 5.32 Å². The van der Waals surface area contributed by atoms with Crippen molar-refractivity contribution in [1.29, 1.82) is 0 Å². The third kappa shape index (κ3) is 4.60. The Morgan fingerprint density at radius 2 is 2.14 bits per heavy atom. The molecule has 1 aromatic carbocycles. The highest BCUT2D eigenvalue weighted by atomic mass is 35.5. The fraction of sp³-hybridized carbons (Fsp3) is 0.625. The predicted octanol–water partition coefficient (Wildman–Crippen LogP) is 5.41. The summed E-state index contributed by atoms with van der Waals surface area (Å²) in [6.45, 7) is 2.25. The van der Waals surface area contributed by atoms with Crippen LogP contribution in [-0.4, -0.2) is 11.0 Å². The zero-order valence-electron chi connectivity index (χ0n) is 12.5. The van der Waals surface area contributed by atoms with E-state index in [1.165, 1.54) is 44.2 Å². The van der Waals surface area contributed by atoms with E-state index < -0.39 is 4.92 Å². The molecule has 0 amide bonds.